The molecule has 0 radical (unpaired) electrons. The molecule has 0 saturated heterocycles. The normalized spacial score (nSPS) is 11.2. The largest absolute Gasteiger partial charge is 0.309 e. The van der Waals surface area contributed by atoms with Crippen LogP contribution < -0.4 is 5.32 Å². The van der Waals surface area contributed by atoms with Crippen LogP contribution in [0.5, 0.6) is 0 Å². The zero-order valence-electron chi connectivity index (χ0n) is 16.5. The molecule has 148 valence electrons. The minimum absolute atomic E-state index is 0.742. The second kappa shape index (κ2) is 8.31. The summed E-state index contributed by atoms with van der Waals surface area (Å²) in [5.74, 6) is 0. The molecule has 5 rings (SSSR count). The molecule has 0 aliphatic rings. The zero-order valence-corrected chi connectivity index (χ0v) is 16.5. The van der Waals surface area contributed by atoms with Gasteiger partial charge >= 0.3 is 0 Å². The number of para-hydroxylation sites is 2. The summed E-state index contributed by atoms with van der Waals surface area (Å²) in [6, 6.07) is 25.4. The Morgan fingerprint density at radius 1 is 0.733 bits per heavy atom. The molecule has 0 aliphatic carbocycles. The monoisotopic (exact) mass is 394 g/mol. The Balaban J connectivity index is 1.17. The average molecular weight is 394 g/mol. The summed E-state index contributed by atoms with van der Waals surface area (Å²) in [4.78, 5) is 8.45. The van der Waals surface area contributed by atoms with E-state index in [0.29, 0.717) is 0 Å². The number of imidazole rings is 1. The van der Waals surface area contributed by atoms with Crippen LogP contribution in [0.2, 0.25) is 0 Å². The van der Waals surface area contributed by atoms with Crippen LogP contribution >= 0.6 is 0 Å². The summed E-state index contributed by atoms with van der Waals surface area (Å²) >= 11 is 0. The van der Waals surface area contributed by atoms with Gasteiger partial charge in [0.15, 0.2) is 0 Å². The van der Waals surface area contributed by atoms with Gasteiger partial charge in [-0.2, -0.15) is 5.10 Å². The Labute approximate surface area is 174 Å². The minimum atomic E-state index is 0.742. The molecule has 2 aromatic heterocycles. The lowest BCUT2D eigenvalue weighted by molar-refractivity contribution is 0.680. The van der Waals surface area contributed by atoms with Crippen molar-refractivity contribution in [1.29, 1.82) is 0 Å². The molecule has 3 aromatic carbocycles. The van der Waals surface area contributed by atoms with Crippen molar-refractivity contribution < 1.29 is 0 Å². The second-order valence-corrected chi connectivity index (χ2v) is 7.28. The maximum Gasteiger partial charge on any atom is 0.137 e. The number of hydrogen-bond acceptors (Lipinski definition) is 4. The summed E-state index contributed by atoms with van der Waals surface area (Å²) in [5.41, 5.74) is 6.98. The fourth-order valence-corrected chi connectivity index (χ4v) is 3.55. The van der Waals surface area contributed by atoms with Crippen LogP contribution in [-0.4, -0.2) is 24.3 Å². The highest BCUT2D eigenvalue weighted by Gasteiger charge is 2.04. The van der Waals surface area contributed by atoms with Gasteiger partial charge < -0.3 is 5.32 Å². The number of rotatable bonds is 7. The van der Waals surface area contributed by atoms with Crippen LogP contribution in [0.15, 0.2) is 91.8 Å². The summed E-state index contributed by atoms with van der Waals surface area (Å²) in [6.07, 6.45) is 5.17. The summed E-state index contributed by atoms with van der Waals surface area (Å²) in [6.45, 7) is 2.40. The van der Waals surface area contributed by atoms with Crippen LogP contribution in [0.3, 0.4) is 0 Å². The van der Waals surface area contributed by atoms with E-state index in [1.54, 1.807) is 12.7 Å². The number of benzene rings is 3. The van der Waals surface area contributed by atoms with Crippen molar-refractivity contribution >= 4 is 11.0 Å². The molecule has 0 unspecified atom stereocenters. The van der Waals surface area contributed by atoms with E-state index in [0.717, 1.165) is 36.4 Å². The first-order valence-corrected chi connectivity index (χ1v) is 9.97. The molecule has 0 saturated carbocycles. The molecule has 0 bridgehead atoms. The third kappa shape index (κ3) is 3.99. The maximum absolute atomic E-state index is 4.47. The Morgan fingerprint density at radius 3 is 2.17 bits per heavy atom. The van der Waals surface area contributed by atoms with Crippen LogP contribution in [0.25, 0.3) is 16.7 Å². The number of hydrogen-bond donors (Lipinski definition) is 1. The summed E-state index contributed by atoms with van der Waals surface area (Å²) < 4.78 is 3.94. The molecule has 2 heterocycles. The molecular formula is C24H22N6. The molecule has 0 spiro atoms. The molecule has 6 heteroatoms. The van der Waals surface area contributed by atoms with Crippen LogP contribution in [-0.2, 0) is 19.6 Å². The van der Waals surface area contributed by atoms with Gasteiger partial charge in [-0.25, -0.2) is 14.6 Å². The Kier molecular flexibility index (Phi) is 5.06. The van der Waals surface area contributed by atoms with E-state index in [4.69, 9.17) is 0 Å². The van der Waals surface area contributed by atoms with E-state index >= 15 is 0 Å². The number of fused-ring (bicyclic) bond motifs is 1. The molecule has 30 heavy (non-hydrogen) atoms. The lowest BCUT2D eigenvalue weighted by atomic mass is 10.1. The first-order chi connectivity index (χ1) is 14.8. The van der Waals surface area contributed by atoms with E-state index in [9.17, 15) is 0 Å². The lowest BCUT2D eigenvalue weighted by Crippen LogP contribution is -2.12. The number of aromatic nitrogens is 5. The Morgan fingerprint density at radius 2 is 1.43 bits per heavy atom. The molecule has 0 amide bonds. The smallest absolute Gasteiger partial charge is 0.137 e. The van der Waals surface area contributed by atoms with E-state index in [1.165, 1.54) is 16.7 Å². The van der Waals surface area contributed by atoms with Gasteiger partial charge in [0, 0.05) is 18.8 Å². The van der Waals surface area contributed by atoms with Gasteiger partial charge in [0.25, 0.3) is 0 Å². The average Bonchev–Trinajstić information content (AvgIpc) is 3.45. The minimum Gasteiger partial charge on any atom is -0.309 e. The van der Waals surface area contributed by atoms with E-state index < -0.39 is 0 Å². The van der Waals surface area contributed by atoms with Crippen molar-refractivity contribution in [3.8, 4) is 5.69 Å². The fourth-order valence-electron chi connectivity index (χ4n) is 3.55. The van der Waals surface area contributed by atoms with Gasteiger partial charge in [0.2, 0.25) is 0 Å². The molecule has 0 atom stereocenters. The first kappa shape index (κ1) is 18.3. The van der Waals surface area contributed by atoms with Gasteiger partial charge in [0.1, 0.15) is 19.0 Å². The predicted octanol–water partition coefficient (Wildman–Crippen LogP) is 3.96. The topological polar surface area (TPSA) is 60.6 Å². The number of nitrogens with one attached hydrogen (secondary N) is 1. The van der Waals surface area contributed by atoms with E-state index in [2.05, 4.69) is 79.5 Å². The van der Waals surface area contributed by atoms with Crippen molar-refractivity contribution in [2.45, 2.75) is 19.6 Å². The van der Waals surface area contributed by atoms with Gasteiger partial charge in [-0.15, -0.1) is 0 Å². The van der Waals surface area contributed by atoms with E-state index in [1.807, 2.05) is 29.2 Å². The first-order valence-electron chi connectivity index (χ1n) is 9.97. The molecule has 5 aromatic rings. The summed E-state index contributed by atoms with van der Waals surface area (Å²) in [7, 11) is 0. The third-order valence-electron chi connectivity index (χ3n) is 5.16. The molecule has 0 aliphatic heterocycles. The van der Waals surface area contributed by atoms with Crippen LogP contribution in [0.4, 0.5) is 0 Å². The summed E-state index contributed by atoms with van der Waals surface area (Å²) in [5, 5.41) is 7.66. The number of nitrogens with zero attached hydrogens (tertiary/aromatic N) is 5. The molecule has 6 nitrogen and oxygen atoms in total. The van der Waals surface area contributed by atoms with Gasteiger partial charge in [-0.05, 0) is 41.0 Å². The standard InChI is InChI=1S/C24H22N6/c1-2-4-24-23(3-1)27-18-30(24)22-11-9-20(10-12-22)14-25-13-19-5-7-21(8-6-19)15-29-17-26-16-28-29/h1-12,16-18,25H,13-15H2. The fraction of sp³-hybridized carbons (Fsp3) is 0.125. The lowest BCUT2D eigenvalue weighted by Gasteiger charge is -2.08. The molecular weight excluding hydrogens is 372 g/mol. The van der Waals surface area contributed by atoms with Crippen LogP contribution in [0.1, 0.15) is 16.7 Å². The highest BCUT2D eigenvalue weighted by Crippen LogP contribution is 2.18. The SMILES string of the molecule is c1ccc2c(c1)ncn2-c1ccc(CNCc2ccc(Cn3cncn3)cc2)cc1. The van der Waals surface area contributed by atoms with Crippen molar-refractivity contribution in [2.24, 2.45) is 0 Å². The zero-order chi connectivity index (χ0) is 20.2. The van der Waals surface area contributed by atoms with Crippen molar-refractivity contribution in [3.05, 3.63) is 108 Å². The van der Waals surface area contributed by atoms with E-state index in [-0.39, 0.29) is 0 Å². The highest BCUT2D eigenvalue weighted by molar-refractivity contribution is 5.77. The Hall–Kier alpha value is -3.77. The van der Waals surface area contributed by atoms with Gasteiger partial charge in [-0.1, -0.05) is 48.5 Å². The van der Waals surface area contributed by atoms with Gasteiger partial charge in [0.05, 0.1) is 17.6 Å². The Bertz CT molecular complexity index is 1220. The molecule has 1 N–H and O–H groups in total. The predicted molar refractivity (Wildman–Crippen MR) is 117 cm³/mol. The quantitative estimate of drug-likeness (QED) is 0.454. The van der Waals surface area contributed by atoms with Crippen molar-refractivity contribution in [3.63, 3.8) is 0 Å². The second-order valence-electron chi connectivity index (χ2n) is 7.28. The third-order valence-corrected chi connectivity index (χ3v) is 5.16. The van der Waals surface area contributed by atoms with Crippen LogP contribution in [0, 0.1) is 0 Å². The van der Waals surface area contributed by atoms with Gasteiger partial charge in [-0.3, -0.25) is 4.57 Å². The highest BCUT2D eigenvalue weighted by atomic mass is 15.3. The van der Waals surface area contributed by atoms with Crippen molar-refractivity contribution in [2.75, 3.05) is 0 Å². The molecule has 0 fully saturated rings. The van der Waals surface area contributed by atoms with Crippen molar-refractivity contribution in [1.82, 2.24) is 29.6 Å². The maximum atomic E-state index is 4.47.